The zero-order chi connectivity index (χ0) is 11.9. The Hall–Kier alpha value is -0.123. The molecule has 0 bridgehead atoms. The number of hydrogen-bond donors (Lipinski definition) is 0. The van der Waals surface area contributed by atoms with Crippen molar-refractivity contribution in [2.24, 2.45) is 0 Å². The topological polar surface area (TPSA) is 0 Å². The minimum Gasteiger partial charge on any atom is -0.264 e. The molecule has 0 amide bonds. The molecule has 0 saturated heterocycles. The third-order valence-electron chi connectivity index (χ3n) is 2.17. The number of rotatable bonds is 1. The van der Waals surface area contributed by atoms with E-state index in [1.54, 1.807) is 0 Å². The highest BCUT2D eigenvalue weighted by Gasteiger charge is 2.50. The first kappa shape index (κ1) is 12.9. The maximum Gasteiger partial charge on any atom is 0.460 e. The zero-order valence-electron chi connectivity index (χ0n) is 8.74. The Balaban J connectivity index is 3.27. The van der Waals surface area contributed by atoms with Gasteiger partial charge in [0.25, 0.3) is 0 Å². The minimum atomic E-state index is -4.51. The normalized spacial score (nSPS) is 13.0. The lowest BCUT2D eigenvalue weighted by molar-refractivity contribution is 0.519. The van der Waals surface area contributed by atoms with E-state index in [4.69, 9.17) is 23.2 Å². The molecule has 1 aromatic rings. The number of hydrogen-bond acceptors (Lipinski definition) is 0. The standard InChI is InChI=1S/C10H12Cl2F2Si/c1-10(2,3)15(13,14)9-5-7(11)4-8(12)6-9/h4-6H,1-3H3. The molecule has 0 fully saturated rings. The van der Waals surface area contributed by atoms with E-state index in [1.807, 2.05) is 0 Å². The number of benzene rings is 1. The van der Waals surface area contributed by atoms with Crippen LogP contribution in [0, 0.1) is 0 Å². The average Bonchev–Trinajstić information content (AvgIpc) is 1.99. The maximum atomic E-state index is 14.0. The van der Waals surface area contributed by atoms with Crippen LogP contribution < -0.4 is 5.19 Å². The van der Waals surface area contributed by atoms with E-state index in [-0.39, 0.29) is 15.2 Å². The number of halogens is 4. The molecule has 1 rings (SSSR count). The lowest BCUT2D eigenvalue weighted by Crippen LogP contribution is -2.47. The van der Waals surface area contributed by atoms with E-state index in [2.05, 4.69) is 0 Å². The van der Waals surface area contributed by atoms with Crippen molar-refractivity contribution in [3.05, 3.63) is 28.2 Å². The molecule has 0 nitrogen and oxygen atoms in total. The highest BCUT2D eigenvalue weighted by Crippen LogP contribution is 2.38. The molecule has 0 unspecified atom stereocenters. The van der Waals surface area contributed by atoms with Gasteiger partial charge in [0.15, 0.2) is 0 Å². The van der Waals surface area contributed by atoms with Crippen molar-refractivity contribution in [1.29, 1.82) is 0 Å². The molecular formula is C10H12Cl2F2Si. The van der Waals surface area contributed by atoms with Crippen molar-refractivity contribution in [2.45, 2.75) is 25.8 Å². The Morgan fingerprint density at radius 3 is 1.73 bits per heavy atom. The van der Waals surface area contributed by atoms with Crippen molar-refractivity contribution in [1.82, 2.24) is 0 Å². The van der Waals surface area contributed by atoms with Crippen LogP contribution in [-0.4, -0.2) is 8.74 Å². The van der Waals surface area contributed by atoms with E-state index in [1.165, 1.54) is 39.0 Å². The van der Waals surface area contributed by atoms with Crippen LogP contribution in [0.5, 0.6) is 0 Å². The van der Waals surface area contributed by atoms with Gasteiger partial charge in [-0.25, -0.2) is 0 Å². The Labute approximate surface area is 99.6 Å². The first-order valence-corrected chi connectivity index (χ1v) is 7.00. The molecule has 5 heteroatoms. The van der Waals surface area contributed by atoms with Gasteiger partial charge in [-0.2, -0.15) is 0 Å². The summed E-state index contributed by atoms with van der Waals surface area (Å²) in [6, 6.07) is 4.08. The molecule has 0 heterocycles. The predicted molar refractivity (Wildman–Crippen MR) is 63.8 cm³/mol. The molecule has 0 N–H and O–H groups in total. The Morgan fingerprint density at radius 2 is 1.40 bits per heavy atom. The summed E-state index contributed by atoms with van der Waals surface area (Å²) in [5.74, 6) is 0. The second kappa shape index (κ2) is 4.04. The molecule has 0 saturated carbocycles. The SMILES string of the molecule is CC(C)(C)[Si](F)(F)c1cc(Cl)cc(Cl)c1. The van der Waals surface area contributed by atoms with Gasteiger partial charge in [0.2, 0.25) is 0 Å². The monoisotopic (exact) mass is 268 g/mol. The van der Waals surface area contributed by atoms with Gasteiger partial charge in [-0.3, -0.25) is 8.22 Å². The van der Waals surface area contributed by atoms with Crippen LogP contribution in [-0.2, 0) is 0 Å². The van der Waals surface area contributed by atoms with Crippen LogP contribution in [0.2, 0.25) is 15.1 Å². The molecule has 0 aliphatic carbocycles. The molecule has 1 aromatic carbocycles. The summed E-state index contributed by atoms with van der Waals surface area (Å²) in [4.78, 5) is 0. The van der Waals surface area contributed by atoms with E-state index in [0.29, 0.717) is 0 Å². The molecule has 0 radical (unpaired) electrons. The molecular weight excluding hydrogens is 257 g/mol. The summed E-state index contributed by atoms with van der Waals surface area (Å²) < 4.78 is 28.1. The van der Waals surface area contributed by atoms with Crippen LogP contribution in [0.15, 0.2) is 18.2 Å². The van der Waals surface area contributed by atoms with Gasteiger partial charge in [-0.05, 0) is 18.2 Å². The average molecular weight is 269 g/mol. The highest BCUT2D eigenvalue weighted by molar-refractivity contribution is 6.82. The lowest BCUT2D eigenvalue weighted by atomic mass is 10.2. The maximum absolute atomic E-state index is 14.0. The van der Waals surface area contributed by atoms with Crippen LogP contribution in [0.4, 0.5) is 8.22 Å². The summed E-state index contributed by atoms with van der Waals surface area (Å²) in [6.45, 7) is 4.61. The largest absolute Gasteiger partial charge is 0.460 e. The molecule has 0 aliphatic rings. The molecule has 0 atom stereocenters. The van der Waals surface area contributed by atoms with Crippen molar-refractivity contribution >= 4 is 37.1 Å². The van der Waals surface area contributed by atoms with Gasteiger partial charge in [-0.1, -0.05) is 44.0 Å². The quantitative estimate of drug-likeness (QED) is 0.524. The second-order valence-electron chi connectivity index (χ2n) is 4.48. The molecule has 0 aliphatic heterocycles. The van der Waals surface area contributed by atoms with Crippen LogP contribution >= 0.6 is 23.2 Å². The highest BCUT2D eigenvalue weighted by atomic mass is 35.5. The van der Waals surface area contributed by atoms with Gasteiger partial charge >= 0.3 is 8.74 Å². The Morgan fingerprint density at radius 1 is 1.00 bits per heavy atom. The summed E-state index contributed by atoms with van der Waals surface area (Å²) in [6.07, 6.45) is 0. The van der Waals surface area contributed by atoms with E-state index >= 15 is 0 Å². The minimum absolute atomic E-state index is 0.00694. The van der Waals surface area contributed by atoms with Gasteiger partial charge in [0, 0.05) is 20.3 Å². The summed E-state index contributed by atoms with van der Waals surface area (Å²) >= 11 is 11.4. The van der Waals surface area contributed by atoms with Crippen LogP contribution in [0.25, 0.3) is 0 Å². The Bertz CT molecular complexity index is 352. The fourth-order valence-corrected chi connectivity index (χ4v) is 3.42. The van der Waals surface area contributed by atoms with Gasteiger partial charge in [0.1, 0.15) is 0 Å². The van der Waals surface area contributed by atoms with Crippen molar-refractivity contribution in [2.75, 3.05) is 0 Å². The van der Waals surface area contributed by atoms with E-state index in [9.17, 15) is 8.22 Å². The molecule has 84 valence electrons. The summed E-state index contributed by atoms with van der Waals surface area (Å²) in [5.41, 5.74) is 0. The first-order chi connectivity index (χ1) is 6.64. The van der Waals surface area contributed by atoms with Gasteiger partial charge in [0.05, 0.1) is 0 Å². The van der Waals surface area contributed by atoms with Crippen molar-refractivity contribution < 1.29 is 8.22 Å². The van der Waals surface area contributed by atoms with Crippen LogP contribution in [0.3, 0.4) is 0 Å². The molecule has 15 heavy (non-hydrogen) atoms. The first-order valence-electron chi connectivity index (χ1n) is 4.49. The van der Waals surface area contributed by atoms with Crippen LogP contribution in [0.1, 0.15) is 20.8 Å². The van der Waals surface area contributed by atoms with Crippen molar-refractivity contribution in [3.63, 3.8) is 0 Å². The third kappa shape index (κ3) is 2.71. The molecule has 0 aromatic heterocycles. The summed E-state index contributed by atoms with van der Waals surface area (Å²) in [5, 5.41) is -0.517. The fraction of sp³-hybridized carbons (Fsp3) is 0.400. The third-order valence-corrected chi connectivity index (χ3v) is 5.50. The lowest BCUT2D eigenvalue weighted by Gasteiger charge is -2.27. The summed E-state index contributed by atoms with van der Waals surface area (Å²) in [7, 11) is -4.51. The van der Waals surface area contributed by atoms with Crippen molar-refractivity contribution in [3.8, 4) is 0 Å². The van der Waals surface area contributed by atoms with E-state index < -0.39 is 13.8 Å². The predicted octanol–water partition coefficient (Wildman–Crippen LogP) is 4.38. The zero-order valence-corrected chi connectivity index (χ0v) is 11.3. The second-order valence-corrected chi connectivity index (χ2v) is 8.58. The molecule has 0 spiro atoms. The van der Waals surface area contributed by atoms with Gasteiger partial charge < -0.3 is 0 Å². The van der Waals surface area contributed by atoms with E-state index in [0.717, 1.165) is 0 Å². The Kier molecular flexibility index (Phi) is 3.48. The van der Waals surface area contributed by atoms with Gasteiger partial charge in [-0.15, -0.1) is 0 Å². The smallest absolute Gasteiger partial charge is 0.264 e. The fourth-order valence-electron chi connectivity index (χ4n) is 1.17.